The molecule has 10 heavy (non-hydrogen) atoms. The summed E-state index contributed by atoms with van der Waals surface area (Å²) in [6.45, 7) is 2.12. The van der Waals surface area contributed by atoms with E-state index in [-0.39, 0.29) is 12.4 Å². The Labute approximate surface area is 78.1 Å². The van der Waals surface area contributed by atoms with Crippen molar-refractivity contribution in [2.75, 3.05) is 0 Å². The average Bonchev–Trinajstić information content (AvgIpc) is 1.90. The summed E-state index contributed by atoms with van der Waals surface area (Å²) in [6.07, 6.45) is 0. The molecule has 0 N–H and O–H groups in total. The zero-order valence-electron chi connectivity index (χ0n) is 6.13. The number of aryl methyl sites for hydroxylation is 1. The molecule has 0 heterocycles. The summed E-state index contributed by atoms with van der Waals surface area (Å²) >= 11 is 1.36. The number of benzene rings is 1. The minimum absolute atomic E-state index is 0. The molecule has 1 aromatic carbocycles. The molecule has 0 bridgehead atoms. The molecule has 0 atom stereocenters. The molecule has 0 aliphatic carbocycles. The Bertz CT molecular complexity index is 181. The number of halogens is 1. The van der Waals surface area contributed by atoms with Gasteiger partial charge in [0.1, 0.15) is 0 Å². The van der Waals surface area contributed by atoms with E-state index in [0.29, 0.717) is 0 Å². The van der Waals surface area contributed by atoms with Gasteiger partial charge in [0.15, 0.2) is 0 Å². The van der Waals surface area contributed by atoms with Gasteiger partial charge in [-0.2, -0.15) is 0 Å². The van der Waals surface area contributed by atoms with Gasteiger partial charge in [-0.3, -0.25) is 0 Å². The van der Waals surface area contributed by atoms with Crippen LogP contribution in [0.3, 0.4) is 0 Å². The maximum atomic E-state index is 2.21. The van der Waals surface area contributed by atoms with Gasteiger partial charge in [-0.25, -0.2) is 0 Å². The minimum atomic E-state index is 0. The topological polar surface area (TPSA) is 0 Å². The Morgan fingerprint density at radius 2 is 1.70 bits per heavy atom. The molecule has 0 fully saturated rings. The van der Waals surface area contributed by atoms with Crippen molar-refractivity contribution >= 4 is 12.4 Å². The van der Waals surface area contributed by atoms with Gasteiger partial charge in [-0.05, 0) is 0 Å². The third-order valence-corrected chi connectivity index (χ3v) is 2.62. The third-order valence-electron chi connectivity index (χ3n) is 1.41. The van der Waals surface area contributed by atoms with Crippen molar-refractivity contribution in [3.8, 4) is 0 Å². The maximum absolute atomic E-state index is 2.21. The van der Waals surface area contributed by atoms with Gasteiger partial charge in [-0.15, -0.1) is 12.4 Å². The predicted molar refractivity (Wildman–Crippen MR) is 42.1 cm³/mol. The summed E-state index contributed by atoms with van der Waals surface area (Å²) in [5.41, 5.74) is 2.83. The number of rotatable bonds is 1. The van der Waals surface area contributed by atoms with Crippen molar-refractivity contribution in [3.63, 3.8) is 0 Å². The van der Waals surface area contributed by atoms with Crippen molar-refractivity contribution in [1.82, 2.24) is 0 Å². The quantitative estimate of drug-likeness (QED) is 0.620. The van der Waals surface area contributed by atoms with Crippen LogP contribution in [0.2, 0.25) is 0 Å². The van der Waals surface area contributed by atoms with E-state index >= 15 is 0 Å². The monoisotopic (exact) mass is 205 g/mol. The molecule has 0 aromatic heterocycles. The van der Waals surface area contributed by atoms with Crippen LogP contribution in [-0.2, 0) is 23.3 Å². The molecule has 1 aromatic rings. The Hall–Kier alpha value is 0.133. The molecule has 0 saturated carbocycles. The van der Waals surface area contributed by atoms with Crippen LogP contribution in [-0.4, -0.2) is 0 Å². The molecule has 0 spiro atoms. The molecule has 0 saturated heterocycles. The van der Waals surface area contributed by atoms with E-state index in [9.17, 15) is 0 Å². The van der Waals surface area contributed by atoms with Crippen LogP contribution in [0.15, 0.2) is 24.3 Å². The smallest absolute Gasteiger partial charge is 0.147 e. The summed E-state index contributed by atoms with van der Waals surface area (Å²) in [5, 5.41) is 1.26. The predicted octanol–water partition coefficient (Wildman–Crippen LogP) is 2.46. The largest absolute Gasteiger partial charge is 0.147 e. The third kappa shape index (κ3) is 2.81. The van der Waals surface area contributed by atoms with Crippen LogP contribution in [0.5, 0.6) is 0 Å². The van der Waals surface area contributed by atoms with Gasteiger partial charge in [0.25, 0.3) is 0 Å². The summed E-state index contributed by atoms with van der Waals surface area (Å²) in [7, 11) is 0. The fraction of sp³-hybridized carbons (Fsp3) is 0.250. The second kappa shape index (κ2) is 4.87. The first kappa shape index (κ1) is 10.1. The molecule has 0 aliphatic heterocycles. The Balaban J connectivity index is 0.000000810. The maximum Gasteiger partial charge on any atom is -0.147 e. The molecule has 51 valence electrons. The molecule has 0 radical (unpaired) electrons. The van der Waals surface area contributed by atoms with E-state index in [1.165, 1.54) is 34.4 Å². The molecule has 2 heteroatoms. The normalized spacial score (nSPS) is 8.70. The van der Waals surface area contributed by atoms with Gasteiger partial charge in [0.2, 0.25) is 0 Å². The summed E-state index contributed by atoms with van der Waals surface area (Å²) in [6, 6.07) is 8.76. The zero-order valence-corrected chi connectivity index (χ0v) is 9.92. The summed E-state index contributed by atoms with van der Waals surface area (Å²) < 4.78 is 0. The molecule has 1 rings (SSSR count). The Morgan fingerprint density at radius 1 is 1.20 bits per heavy atom. The van der Waals surface area contributed by atoms with Crippen molar-refractivity contribution in [1.29, 1.82) is 0 Å². The van der Waals surface area contributed by atoms with Crippen molar-refractivity contribution < 1.29 is 18.3 Å². The molecule has 0 nitrogen and oxygen atoms in total. The van der Waals surface area contributed by atoms with Crippen LogP contribution in [0, 0.1) is 6.92 Å². The Morgan fingerprint density at radius 3 is 2.10 bits per heavy atom. The van der Waals surface area contributed by atoms with E-state index in [1.807, 2.05) is 0 Å². The number of hydrogen-bond acceptors (Lipinski definition) is 0. The summed E-state index contributed by atoms with van der Waals surface area (Å²) in [4.78, 5) is 0. The van der Waals surface area contributed by atoms with Gasteiger partial charge >= 0.3 is 65.6 Å². The van der Waals surface area contributed by atoms with Crippen molar-refractivity contribution in [3.05, 3.63) is 35.4 Å². The molecule has 0 aliphatic rings. The second-order valence-electron chi connectivity index (χ2n) is 2.24. The first-order chi connectivity index (χ1) is 4.33. The fourth-order valence-electron chi connectivity index (χ4n) is 0.755. The summed E-state index contributed by atoms with van der Waals surface area (Å²) in [5.74, 6) is 0. The van der Waals surface area contributed by atoms with Crippen molar-refractivity contribution in [2.45, 2.75) is 11.9 Å². The molecular formula is C8H10ClZn. The van der Waals surface area contributed by atoms with Gasteiger partial charge in [-0.1, -0.05) is 0 Å². The molecule has 0 unspecified atom stereocenters. The Kier molecular flexibility index (Phi) is 4.94. The van der Waals surface area contributed by atoms with Crippen molar-refractivity contribution in [2.24, 2.45) is 0 Å². The van der Waals surface area contributed by atoms with E-state index in [4.69, 9.17) is 0 Å². The van der Waals surface area contributed by atoms with Crippen LogP contribution >= 0.6 is 12.4 Å². The second-order valence-corrected chi connectivity index (χ2v) is 3.28. The van der Waals surface area contributed by atoms with E-state index < -0.39 is 0 Å². The van der Waals surface area contributed by atoms with Gasteiger partial charge < -0.3 is 0 Å². The zero-order chi connectivity index (χ0) is 6.69. The van der Waals surface area contributed by atoms with Crippen LogP contribution in [0.1, 0.15) is 11.1 Å². The minimum Gasteiger partial charge on any atom is -0.147 e. The average molecular weight is 207 g/mol. The van der Waals surface area contributed by atoms with Crippen LogP contribution in [0.4, 0.5) is 0 Å². The van der Waals surface area contributed by atoms with Gasteiger partial charge in [0, 0.05) is 0 Å². The SMILES string of the molecule is Cc1ccc([CH2][Zn])cc1.Cl. The van der Waals surface area contributed by atoms with E-state index in [1.54, 1.807) is 0 Å². The fourth-order valence-corrected chi connectivity index (χ4v) is 1.45. The van der Waals surface area contributed by atoms with Crippen LogP contribution in [0.25, 0.3) is 0 Å². The van der Waals surface area contributed by atoms with E-state index in [0.717, 1.165) is 0 Å². The van der Waals surface area contributed by atoms with E-state index in [2.05, 4.69) is 31.2 Å². The molecular weight excluding hydrogens is 197 g/mol. The number of hydrogen-bond donors (Lipinski definition) is 0. The molecule has 0 amide bonds. The standard InChI is InChI=1S/C8H9.ClH.Zn/c1-7-3-5-8(2)6-4-7;;/h3-6H,1H2,2H3;1H;. The van der Waals surface area contributed by atoms with Crippen LogP contribution < -0.4 is 0 Å². The first-order valence-corrected chi connectivity index (χ1v) is 5.27. The van der Waals surface area contributed by atoms with Gasteiger partial charge in [0.05, 0.1) is 0 Å². The first-order valence-electron chi connectivity index (χ1n) is 3.17.